The molecule has 1 heterocycles. The lowest BCUT2D eigenvalue weighted by Crippen LogP contribution is -2.32. The first-order valence-corrected chi connectivity index (χ1v) is 9.00. The third-order valence-electron chi connectivity index (χ3n) is 4.80. The Kier molecular flexibility index (Phi) is 4.36. The van der Waals surface area contributed by atoms with Crippen LogP contribution in [0.3, 0.4) is 0 Å². The average Bonchev–Trinajstić information content (AvgIpc) is 2.98. The van der Waals surface area contributed by atoms with E-state index in [1.807, 2.05) is 24.4 Å². The maximum atomic E-state index is 12.5. The first-order chi connectivity index (χ1) is 12.2. The molecule has 25 heavy (non-hydrogen) atoms. The van der Waals surface area contributed by atoms with Gasteiger partial charge >= 0.3 is 6.03 Å². The van der Waals surface area contributed by atoms with Crippen molar-refractivity contribution in [1.82, 2.24) is 10.3 Å². The van der Waals surface area contributed by atoms with Crippen LogP contribution in [-0.2, 0) is 6.42 Å². The summed E-state index contributed by atoms with van der Waals surface area (Å²) >= 11 is 6.28. The normalized spacial score (nSPS) is 16.9. The van der Waals surface area contributed by atoms with E-state index in [9.17, 15) is 4.79 Å². The van der Waals surface area contributed by atoms with Gasteiger partial charge in [-0.05, 0) is 48.6 Å². The smallest absolute Gasteiger partial charge is 0.319 e. The Bertz CT molecular complexity index is 918. The lowest BCUT2D eigenvalue weighted by Gasteiger charge is -2.20. The number of carbonyl (C=O) groups excluding carboxylic acids is 1. The second-order valence-corrected chi connectivity index (χ2v) is 6.90. The average molecular weight is 354 g/mol. The maximum Gasteiger partial charge on any atom is 0.319 e. The second-order valence-electron chi connectivity index (χ2n) is 6.49. The number of amides is 2. The summed E-state index contributed by atoms with van der Waals surface area (Å²) in [4.78, 5) is 15.6. The summed E-state index contributed by atoms with van der Waals surface area (Å²) < 4.78 is 0. The Morgan fingerprint density at radius 2 is 2.04 bits per heavy atom. The van der Waals surface area contributed by atoms with E-state index < -0.39 is 0 Å². The van der Waals surface area contributed by atoms with Gasteiger partial charge in [-0.2, -0.15) is 0 Å². The minimum Gasteiger partial charge on any atom is -0.361 e. The van der Waals surface area contributed by atoms with Gasteiger partial charge in [-0.1, -0.05) is 42.3 Å². The molecule has 4 rings (SSSR count). The lowest BCUT2D eigenvalue weighted by molar-refractivity contribution is 0.248. The first kappa shape index (κ1) is 16.0. The highest BCUT2D eigenvalue weighted by molar-refractivity contribution is 6.35. The van der Waals surface area contributed by atoms with E-state index in [4.69, 9.17) is 11.6 Å². The second kappa shape index (κ2) is 6.81. The molecule has 0 radical (unpaired) electrons. The van der Waals surface area contributed by atoms with Crippen molar-refractivity contribution in [2.45, 2.75) is 31.7 Å². The predicted octanol–water partition coefficient (Wildman–Crippen LogP) is 5.41. The number of hydrogen-bond donors (Lipinski definition) is 3. The molecule has 0 spiro atoms. The van der Waals surface area contributed by atoms with Crippen LogP contribution >= 0.6 is 11.6 Å². The molecule has 1 aromatic heterocycles. The zero-order valence-electron chi connectivity index (χ0n) is 13.8. The van der Waals surface area contributed by atoms with Crippen LogP contribution in [0.15, 0.2) is 48.7 Å². The van der Waals surface area contributed by atoms with Crippen LogP contribution in [-0.4, -0.2) is 11.0 Å². The molecule has 0 saturated heterocycles. The van der Waals surface area contributed by atoms with E-state index >= 15 is 0 Å². The van der Waals surface area contributed by atoms with E-state index in [-0.39, 0.29) is 12.1 Å². The number of H-pyrrole nitrogens is 1. The van der Waals surface area contributed by atoms with Gasteiger partial charge in [-0.25, -0.2) is 4.79 Å². The number of rotatable bonds is 2. The molecule has 0 fully saturated rings. The molecule has 5 heteroatoms. The van der Waals surface area contributed by atoms with Gasteiger partial charge in [0.2, 0.25) is 0 Å². The Hall–Kier alpha value is -2.46. The summed E-state index contributed by atoms with van der Waals surface area (Å²) in [5.74, 6) is 0. The lowest BCUT2D eigenvalue weighted by atomic mass is 9.99. The number of halogens is 1. The summed E-state index contributed by atoms with van der Waals surface area (Å²) in [5, 5.41) is 7.60. The van der Waals surface area contributed by atoms with Gasteiger partial charge in [-0.15, -0.1) is 0 Å². The molecule has 1 aliphatic carbocycles. The molecule has 2 aromatic carbocycles. The fourth-order valence-electron chi connectivity index (χ4n) is 3.59. The van der Waals surface area contributed by atoms with Crippen LogP contribution in [0.25, 0.3) is 10.9 Å². The molecule has 1 aliphatic rings. The van der Waals surface area contributed by atoms with E-state index in [0.717, 1.165) is 36.6 Å². The molecule has 2 amide bonds. The zero-order chi connectivity index (χ0) is 17.2. The van der Waals surface area contributed by atoms with Gasteiger partial charge in [-0.3, -0.25) is 0 Å². The Balaban J connectivity index is 1.51. The van der Waals surface area contributed by atoms with Gasteiger partial charge in [0.15, 0.2) is 0 Å². The van der Waals surface area contributed by atoms with E-state index in [1.165, 1.54) is 11.1 Å². The van der Waals surface area contributed by atoms with Crippen LogP contribution in [0, 0.1) is 0 Å². The number of nitrogens with one attached hydrogen (secondary N) is 3. The molecule has 4 nitrogen and oxygen atoms in total. The van der Waals surface area contributed by atoms with E-state index in [2.05, 4.69) is 33.8 Å². The topological polar surface area (TPSA) is 56.9 Å². The highest BCUT2D eigenvalue weighted by Crippen LogP contribution is 2.29. The molecular formula is C20H20ClN3O. The third-order valence-corrected chi connectivity index (χ3v) is 5.11. The molecule has 0 bridgehead atoms. The van der Waals surface area contributed by atoms with Crippen LogP contribution in [0.1, 0.15) is 36.4 Å². The number of hydrogen-bond acceptors (Lipinski definition) is 1. The fourth-order valence-corrected chi connectivity index (χ4v) is 3.87. The van der Waals surface area contributed by atoms with Crippen molar-refractivity contribution in [3.05, 3.63) is 64.8 Å². The number of anilines is 1. The highest BCUT2D eigenvalue weighted by Gasteiger charge is 2.20. The number of urea groups is 1. The van der Waals surface area contributed by atoms with Crippen molar-refractivity contribution in [1.29, 1.82) is 0 Å². The van der Waals surface area contributed by atoms with E-state index in [1.54, 1.807) is 6.07 Å². The van der Waals surface area contributed by atoms with E-state index in [0.29, 0.717) is 10.7 Å². The summed E-state index contributed by atoms with van der Waals surface area (Å²) in [6.07, 6.45) is 6.15. The van der Waals surface area contributed by atoms with Gasteiger partial charge in [0.25, 0.3) is 0 Å². The molecule has 1 unspecified atom stereocenters. The van der Waals surface area contributed by atoms with Gasteiger partial charge in [0.1, 0.15) is 0 Å². The molecule has 0 saturated carbocycles. The number of benzene rings is 2. The quantitative estimate of drug-likeness (QED) is 0.530. The van der Waals surface area contributed by atoms with Crippen LogP contribution in [0.2, 0.25) is 5.02 Å². The van der Waals surface area contributed by atoms with Crippen molar-refractivity contribution in [2.24, 2.45) is 0 Å². The van der Waals surface area contributed by atoms with Crippen molar-refractivity contribution in [2.75, 3.05) is 5.32 Å². The SMILES string of the molecule is O=C(Nc1cc(Cl)c2cc[nH]c2c1)NC1CCCCc2ccccc21. The number of aryl methyl sites for hydroxylation is 1. The number of aromatic nitrogens is 1. The van der Waals surface area contributed by atoms with Crippen molar-refractivity contribution >= 4 is 34.2 Å². The van der Waals surface area contributed by atoms with Gasteiger partial charge < -0.3 is 15.6 Å². The van der Waals surface area contributed by atoms with Crippen molar-refractivity contribution in [3.63, 3.8) is 0 Å². The summed E-state index contributed by atoms with van der Waals surface area (Å²) in [6.45, 7) is 0. The predicted molar refractivity (Wildman–Crippen MR) is 102 cm³/mol. The minimum absolute atomic E-state index is 0.0448. The van der Waals surface area contributed by atoms with Crippen LogP contribution in [0.5, 0.6) is 0 Å². The number of carbonyl (C=O) groups is 1. The largest absolute Gasteiger partial charge is 0.361 e. The van der Waals surface area contributed by atoms with Gasteiger partial charge in [0.05, 0.1) is 11.1 Å². The molecule has 3 aromatic rings. The number of aromatic amines is 1. The Morgan fingerprint density at radius 1 is 1.16 bits per heavy atom. The monoisotopic (exact) mass is 353 g/mol. The minimum atomic E-state index is -0.205. The van der Waals surface area contributed by atoms with Crippen molar-refractivity contribution in [3.8, 4) is 0 Å². The Labute approximate surface area is 151 Å². The first-order valence-electron chi connectivity index (χ1n) is 8.62. The van der Waals surface area contributed by atoms with Crippen LogP contribution in [0.4, 0.5) is 10.5 Å². The number of fused-ring (bicyclic) bond motifs is 2. The molecule has 0 aliphatic heterocycles. The molecular weight excluding hydrogens is 334 g/mol. The molecule has 128 valence electrons. The summed E-state index contributed by atoms with van der Waals surface area (Å²) in [7, 11) is 0. The summed E-state index contributed by atoms with van der Waals surface area (Å²) in [6, 6.07) is 13.8. The maximum absolute atomic E-state index is 12.5. The Morgan fingerprint density at radius 3 is 2.96 bits per heavy atom. The van der Waals surface area contributed by atoms with Crippen LogP contribution < -0.4 is 10.6 Å². The zero-order valence-corrected chi connectivity index (χ0v) is 14.6. The molecule has 1 atom stereocenters. The van der Waals surface area contributed by atoms with Crippen molar-refractivity contribution < 1.29 is 4.79 Å². The highest BCUT2D eigenvalue weighted by atomic mass is 35.5. The standard InChI is InChI=1S/C20H20ClN3O/c21-17-11-14(12-19-16(17)9-10-22-19)23-20(25)24-18-8-4-2-6-13-5-1-3-7-15(13)18/h1,3,5,7,9-12,18,22H,2,4,6,8H2,(H2,23,24,25). The van der Waals surface area contributed by atoms with Gasteiger partial charge in [0, 0.05) is 22.8 Å². The summed E-state index contributed by atoms with van der Waals surface area (Å²) in [5.41, 5.74) is 4.15. The molecule has 3 N–H and O–H groups in total. The third kappa shape index (κ3) is 3.35. The fraction of sp³-hybridized carbons (Fsp3) is 0.250.